The van der Waals surface area contributed by atoms with Gasteiger partial charge in [0.15, 0.2) is 11.5 Å². The number of para-hydroxylation sites is 1. The minimum Gasteiger partial charge on any atom is -0.493 e. The van der Waals surface area contributed by atoms with Gasteiger partial charge in [0.25, 0.3) is 5.91 Å². The Balaban J connectivity index is 0.000000128. The Kier molecular flexibility index (Phi) is 28.4. The molecule has 0 saturated heterocycles. The van der Waals surface area contributed by atoms with Crippen molar-refractivity contribution in [2.45, 2.75) is 0 Å². The van der Waals surface area contributed by atoms with Gasteiger partial charge in [-0.25, -0.2) is 0 Å². The first-order valence-corrected chi connectivity index (χ1v) is 41.0. The van der Waals surface area contributed by atoms with Crippen molar-refractivity contribution in [1.82, 2.24) is 0 Å². The summed E-state index contributed by atoms with van der Waals surface area (Å²) in [6, 6.07) is 156. The van der Waals surface area contributed by atoms with E-state index in [9.17, 15) is 4.79 Å². The first-order chi connectivity index (χ1) is 53.0. The number of fused-ring (bicyclic) bond motifs is 2. The topological polar surface area (TPSA) is 47.6 Å². The van der Waals surface area contributed by atoms with E-state index in [1.807, 2.05) is 54.6 Å². The van der Waals surface area contributed by atoms with Crippen LogP contribution in [0.2, 0.25) is 0 Å². The second-order valence-electron chi connectivity index (χ2n) is 24.8. The molecule has 1 aliphatic heterocycles. The third-order valence-corrected chi connectivity index (χ3v) is 27.6. The van der Waals surface area contributed by atoms with E-state index in [1.54, 1.807) is 14.2 Å². The molecular weight excluding hydrogens is 1480 g/mol. The fourth-order valence-corrected chi connectivity index (χ4v) is 22.0. The predicted molar refractivity (Wildman–Crippen MR) is 466 cm³/mol. The summed E-state index contributed by atoms with van der Waals surface area (Å²) in [6.07, 6.45) is 1.92. The van der Waals surface area contributed by atoms with Gasteiger partial charge in [-0.05, 0) is 153 Å². The molecule has 0 fully saturated rings. The molecular formula is C99H81NO3P4Pd. The molecule has 4 nitrogen and oxygen atoms in total. The van der Waals surface area contributed by atoms with Crippen LogP contribution in [-0.2, 0) is 25.2 Å². The zero-order valence-corrected chi connectivity index (χ0v) is 65.2. The molecule has 0 unspecified atom stereocenters. The summed E-state index contributed by atoms with van der Waals surface area (Å²) < 4.78 is 11.1. The van der Waals surface area contributed by atoms with Crippen LogP contribution in [0.4, 0.5) is 5.69 Å². The summed E-state index contributed by atoms with van der Waals surface area (Å²) in [5.41, 5.74) is 5.24. The summed E-state index contributed by atoms with van der Waals surface area (Å²) in [6.45, 7) is 0. The van der Waals surface area contributed by atoms with E-state index in [-0.39, 0.29) is 26.3 Å². The second kappa shape index (κ2) is 40.1. The molecule has 530 valence electrons. The molecule has 1 amide bonds. The Bertz CT molecular complexity index is 4550. The second-order valence-corrected chi connectivity index (χ2v) is 33.7. The van der Waals surface area contributed by atoms with E-state index in [0.717, 1.165) is 33.3 Å². The fourth-order valence-electron chi connectivity index (χ4n) is 12.8. The molecule has 1 heterocycles. The number of benzene rings is 16. The van der Waals surface area contributed by atoms with E-state index < -0.39 is 31.7 Å². The molecule has 1 N–H and O–H groups in total. The summed E-state index contributed by atoms with van der Waals surface area (Å²) in [4.78, 5) is 12.7. The molecule has 0 aromatic heterocycles. The van der Waals surface area contributed by atoms with Crippen molar-refractivity contribution in [3.8, 4) is 22.6 Å². The van der Waals surface area contributed by atoms with Gasteiger partial charge in [-0.2, -0.15) is 0 Å². The molecule has 0 bridgehead atoms. The summed E-state index contributed by atoms with van der Waals surface area (Å²) in [5, 5.41) is 22.0. The zero-order chi connectivity index (χ0) is 73.0. The molecule has 0 aliphatic carbocycles. The summed E-state index contributed by atoms with van der Waals surface area (Å²) >= 11 is 0. The summed E-state index contributed by atoms with van der Waals surface area (Å²) in [7, 11) is 1.46. The number of carbonyl (C=O) groups is 1. The number of hydrogen-bond acceptors (Lipinski definition) is 3. The maximum absolute atomic E-state index is 12.7. The number of hydrogen-bond donors (Lipinski definition) is 1. The minimum atomic E-state index is -0.446. The molecule has 16 aromatic carbocycles. The summed E-state index contributed by atoms with van der Waals surface area (Å²) in [5.74, 6) is 1.15. The van der Waals surface area contributed by atoms with Crippen LogP contribution in [0.1, 0.15) is 11.1 Å². The van der Waals surface area contributed by atoms with Crippen molar-refractivity contribution >= 4 is 129 Å². The molecule has 0 saturated carbocycles. The van der Waals surface area contributed by atoms with Gasteiger partial charge >= 0.3 is 0 Å². The third kappa shape index (κ3) is 20.2. The zero-order valence-electron chi connectivity index (χ0n) is 60.1. The molecule has 0 radical (unpaired) electrons. The standard InChI is InChI=1S/C27H21NO3.4C18H15P.Pd/c1-30-25-15-20(14-23-21-9-5-6-10-24(21)28-27(23)29)22(16-26(25)31-2)19-12-11-17-7-3-4-8-18(17)13-19;4*1-4-10-16(11-5-1)19(17-12-6-2-7-13-17)18-14-8-3-9-15-18;/h3-16H,1-2H3,(H,28,29);4*1-15H;. The molecule has 1 aliphatic rings. The Labute approximate surface area is 655 Å². The molecule has 16 aromatic rings. The van der Waals surface area contributed by atoms with Gasteiger partial charge < -0.3 is 14.8 Å². The van der Waals surface area contributed by atoms with Crippen molar-refractivity contribution in [2.75, 3.05) is 19.5 Å². The molecule has 0 spiro atoms. The Morgan fingerprint density at radius 1 is 0.250 bits per heavy atom. The van der Waals surface area contributed by atoms with E-state index in [1.165, 1.54) is 69.0 Å². The van der Waals surface area contributed by atoms with Crippen LogP contribution in [-0.4, -0.2) is 20.1 Å². The van der Waals surface area contributed by atoms with E-state index >= 15 is 0 Å². The molecule has 9 heteroatoms. The van der Waals surface area contributed by atoms with Gasteiger partial charge in [-0.1, -0.05) is 419 Å². The van der Waals surface area contributed by atoms with Crippen molar-refractivity contribution in [2.24, 2.45) is 0 Å². The average molecular weight is 1560 g/mol. The molecule has 108 heavy (non-hydrogen) atoms. The van der Waals surface area contributed by atoms with Crippen molar-refractivity contribution in [3.63, 3.8) is 0 Å². The predicted octanol–water partition coefficient (Wildman–Crippen LogP) is 19.8. The van der Waals surface area contributed by atoms with Gasteiger partial charge in [0, 0.05) is 37.2 Å². The number of amides is 1. The minimum absolute atomic E-state index is 0. The quantitative estimate of drug-likeness (QED) is 0.0596. The normalized spacial score (nSPS) is 11.4. The fraction of sp³-hybridized carbons (Fsp3) is 0.0202. The monoisotopic (exact) mass is 1560 g/mol. The van der Waals surface area contributed by atoms with Crippen molar-refractivity contribution in [3.05, 3.63) is 454 Å². The van der Waals surface area contributed by atoms with Crippen LogP contribution in [0.15, 0.2) is 443 Å². The van der Waals surface area contributed by atoms with Crippen LogP contribution in [0, 0.1) is 0 Å². The first-order valence-electron chi connectivity index (χ1n) is 35.7. The van der Waals surface area contributed by atoms with E-state index in [0.29, 0.717) is 17.1 Å². The van der Waals surface area contributed by atoms with Gasteiger partial charge in [0.1, 0.15) is 0 Å². The number of nitrogens with one attached hydrogen (secondary N) is 1. The third-order valence-electron chi connectivity index (χ3n) is 17.8. The van der Waals surface area contributed by atoms with Gasteiger partial charge in [-0.15, -0.1) is 0 Å². The number of ether oxygens (including phenoxy) is 2. The van der Waals surface area contributed by atoms with Gasteiger partial charge in [0.05, 0.1) is 14.2 Å². The first kappa shape index (κ1) is 76.6. The average Bonchev–Trinajstić information content (AvgIpc) is 1.44. The maximum Gasteiger partial charge on any atom is 0.256 e. The van der Waals surface area contributed by atoms with Crippen molar-refractivity contribution in [1.29, 1.82) is 0 Å². The van der Waals surface area contributed by atoms with Crippen molar-refractivity contribution < 1.29 is 34.7 Å². The van der Waals surface area contributed by atoms with Crippen LogP contribution in [0.3, 0.4) is 0 Å². The Morgan fingerprint density at radius 2 is 0.491 bits per heavy atom. The largest absolute Gasteiger partial charge is 0.493 e. The number of carbonyl (C=O) groups excluding carboxylic acids is 1. The van der Waals surface area contributed by atoms with E-state index in [2.05, 4.69) is 400 Å². The van der Waals surface area contributed by atoms with Crippen LogP contribution in [0.25, 0.3) is 33.5 Å². The van der Waals surface area contributed by atoms with Crippen LogP contribution in [0.5, 0.6) is 11.5 Å². The SMILES string of the molecule is COc1cc(C=C2C(=O)Nc3ccccc32)c(-c2ccc3ccccc3c2)cc1OC.[Pd].c1ccc(P(c2ccccc2)c2ccccc2)cc1.c1ccc(P(c2ccccc2)c2ccccc2)cc1.c1ccc(P(c2ccccc2)c2ccccc2)cc1.c1ccc(P(c2ccccc2)c2ccccc2)cc1. The Hall–Kier alpha value is -11.0. The molecule has 0 atom stereocenters. The smallest absolute Gasteiger partial charge is 0.256 e. The number of rotatable bonds is 16. The molecule has 17 rings (SSSR count). The van der Waals surface area contributed by atoms with Crippen LogP contribution < -0.4 is 78.4 Å². The Morgan fingerprint density at radius 3 is 0.769 bits per heavy atom. The van der Waals surface area contributed by atoms with Crippen LogP contribution >= 0.6 is 31.7 Å². The number of anilines is 1. The van der Waals surface area contributed by atoms with Gasteiger partial charge in [-0.3, -0.25) is 4.79 Å². The van der Waals surface area contributed by atoms with E-state index in [4.69, 9.17) is 9.47 Å². The maximum atomic E-state index is 12.7. The van der Waals surface area contributed by atoms with Gasteiger partial charge in [0.2, 0.25) is 0 Å². The number of methoxy groups -OCH3 is 2.